The van der Waals surface area contributed by atoms with Crippen molar-refractivity contribution in [2.75, 3.05) is 0 Å². The first kappa shape index (κ1) is 18.9. The number of aromatic nitrogens is 1. The smallest absolute Gasteiger partial charge is 0.356 e. The number of aryl methyl sites for hydroxylation is 1. The monoisotopic (exact) mass is 401 g/mol. The van der Waals surface area contributed by atoms with Crippen LogP contribution in [0.25, 0.3) is 21.0 Å². The third kappa shape index (κ3) is 4.20. The molecule has 1 N–H and O–H groups in total. The van der Waals surface area contributed by atoms with Gasteiger partial charge in [-0.15, -0.1) is 11.3 Å². The summed E-state index contributed by atoms with van der Waals surface area (Å²) in [6, 6.07) is 25.2. The van der Waals surface area contributed by atoms with Gasteiger partial charge in [0.1, 0.15) is 17.4 Å². The molecule has 4 nitrogen and oxygen atoms in total. The molecule has 0 amide bonds. The van der Waals surface area contributed by atoms with Crippen LogP contribution in [-0.4, -0.2) is 16.1 Å². The summed E-state index contributed by atoms with van der Waals surface area (Å²) in [4.78, 5) is 16.9. The van der Waals surface area contributed by atoms with Gasteiger partial charge in [0.15, 0.2) is 5.69 Å². The van der Waals surface area contributed by atoms with Crippen molar-refractivity contribution in [1.29, 1.82) is 0 Å². The van der Waals surface area contributed by atoms with E-state index in [2.05, 4.69) is 4.98 Å². The minimum Gasteiger partial charge on any atom is -0.489 e. The van der Waals surface area contributed by atoms with E-state index in [0.717, 1.165) is 22.4 Å². The second-order valence-corrected chi connectivity index (χ2v) is 7.63. The molecule has 1 aromatic heterocycles. The molecule has 144 valence electrons. The number of thiazole rings is 1. The Morgan fingerprint density at radius 1 is 0.966 bits per heavy atom. The van der Waals surface area contributed by atoms with Gasteiger partial charge in [-0.3, -0.25) is 0 Å². The average molecular weight is 401 g/mol. The molecular weight excluding hydrogens is 382 g/mol. The summed E-state index contributed by atoms with van der Waals surface area (Å²) in [6.45, 7) is 2.37. The molecule has 3 aromatic carbocycles. The number of ether oxygens (including phenoxy) is 1. The number of benzene rings is 3. The third-order valence-electron chi connectivity index (χ3n) is 4.53. The van der Waals surface area contributed by atoms with Gasteiger partial charge in [0, 0.05) is 11.1 Å². The van der Waals surface area contributed by atoms with Crippen LogP contribution in [-0.2, 0) is 6.61 Å². The standard InChI is InChI=1S/C24H19NO3S/c1-16-11-13-19(14-12-16)28-15-18-9-5-6-10-20(18)22-21(24(26)27)25-23(29-22)17-7-3-2-4-8-17/h2-14H,15H2,1H3,(H,26,27). The first-order valence-electron chi connectivity index (χ1n) is 9.19. The summed E-state index contributed by atoms with van der Waals surface area (Å²) in [6.07, 6.45) is 0. The molecule has 0 aliphatic heterocycles. The lowest BCUT2D eigenvalue weighted by Crippen LogP contribution is -2.02. The Labute approximate surface area is 173 Å². The molecule has 5 heteroatoms. The van der Waals surface area contributed by atoms with E-state index >= 15 is 0 Å². The average Bonchev–Trinajstić information content (AvgIpc) is 3.20. The number of hydrogen-bond donors (Lipinski definition) is 1. The van der Waals surface area contributed by atoms with Crippen LogP contribution >= 0.6 is 11.3 Å². The predicted octanol–water partition coefficient (Wildman–Crippen LogP) is 6.06. The Hall–Kier alpha value is -3.44. The highest BCUT2D eigenvalue weighted by Gasteiger charge is 2.21. The van der Waals surface area contributed by atoms with Crippen molar-refractivity contribution in [2.24, 2.45) is 0 Å². The van der Waals surface area contributed by atoms with Gasteiger partial charge < -0.3 is 9.84 Å². The zero-order chi connectivity index (χ0) is 20.2. The maximum absolute atomic E-state index is 11.9. The van der Waals surface area contributed by atoms with E-state index in [4.69, 9.17) is 4.74 Å². The van der Waals surface area contributed by atoms with Gasteiger partial charge in [-0.1, -0.05) is 72.3 Å². The zero-order valence-electron chi connectivity index (χ0n) is 15.8. The second kappa shape index (κ2) is 8.29. The Morgan fingerprint density at radius 2 is 1.66 bits per heavy atom. The first-order valence-corrected chi connectivity index (χ1v) is 10.0. The minimum absolute atomic E-state index is 0.0663. The molecule has 0 saturated heterocycles. The Kier molecular flexibility index (Phi) is 5.40. The van der Waals surface area contributed by atoms with Crippen LogP contribution in [0.4, 0.5) is 0 Å². The molecule has 0 saturated carbocycles. The first-order chi connectivity index (χ1) is 14.1. The molecule has 1 heterocycles. The normalized spacial score (nSPS) is 10.7. The van der Waals surface area contributed by atoms with Crippen molar-refractivity contribution >= 4 is 17.3 Å². The Balaban J connectivity index is 1.70. The molecule has 0 atom stereocenters. The maximum Gasteiger partial charge on any atom is 0.356 e. The zero-order valence-corrected chi connectivity index (χ0v) is 16.6. The number of nitrogens with zero attached hydrogens (tertiary/aromatic N) is 1. The van der Waals surface area contributed by atoms with Crippen LogP contribution < -0.4 is 4.74 Å². The Bertz CT molecular complexity index is 1130. The summed E-state index contributed by atoms with van der Waals surface area (Å²) in [5.74, 6) is -0.258. The Morgan fingerprint density at radius 3 is 2.38 bits per heavy atom. The van der Waals surface area contributed by atoms with E-state index in [1.165, 1.54) is 16.9 Å². The minimum atomic E-state index is -1.03. The van der Waals surface area contributed by atoms with Gasteiger partial charge >= 0.3 is 5.97 Å². The predicted molar refractivity (Wildman–Crippen MR) is 115 cm³/mol. The quantitative estimate of drug-likeness (QED) is 0.426. The van der Waals surface area contributed by atoms with Crippen molar-refractivity contribution in [1.82, 2.24) is 4.98 Å². The van der Waals surface area contributed by atoms with E-state index in [0.29, 0.717) is 16.5 Å². The number of aromatic carboxylic acids is 1. The fourth-order valence-corrected chi connectivity index (χ4v) is 4.14. The van der Waals surface area contributed by atoms with Crippen molar-refractivity contribution < 1.29 is 14.6 Å². The van der Waals surface area contributed by atoms with E-state index in [1.807, 2.05) is 85.8 Å². The van der Waals surface area contributed by atoms with Gasteiger partial charge in [-0.25, -0.2) is 9.78 Å². The van der Waals surface area contributed by atoms with Crippen molar-refractivity contribution in [2.45, 2.75) is 13.5 Å². The van der Waals surface area contributed by atoms with Crippen LogP contribution in [0.1, 0.15) is 21.6 Å². The molecule has 0 aliphatic carbocycles. The highest BCUT2D eigenvalue weighted by molar-refractivity contribution is 7.18. The van der Waals surface area contributed by atoms with Crippen molar-refractivity contribution in [3.63, 3.8) is 0 Å². The lowest BCUT2D eigenvalue weighted by atomic mass is 10.1. The third-order valence-corrected chi connectivity index (χ3v) is 5.67. The number of carbonyl (C=O) groups is 1. The molecule has 0 bridgehead atoms. The summed E-state index contributed by atoms with van der Waals surface area (Å²) < 4.78 is 5.94. The molecule has 0 spiro atoms. The SMILES string of the molecule is Cc1ccc(OCc2ccccc2-c2sc(-c3ccccc3)nc2C(=O)O)cc1. The molecule has 29 heavy (non-hydrogen) atoms. The summed E-state index contributed by atoms with van der Waals surface area (Å²) >= 11 is 1.38. The lowest BCUT2D eigenvalue weighted by Gasteiger charge is -2.11. The van der Waals surface area contributed by atoms with Crippen LogP contribution in [0.3, 0.4) is 0 Å². The van der Waals surface area contributed by atoms with Gasteiger partial charge in [-0.05, 0) is 24.6 Å². The summed E-state index contributed by atoms with van der Waals surface area (Å²) in [5.41, 5.74) is 3.88. The molecule has 4 aromatic rings. The molecule has 0 unspecified atom stereocenters. The highest BCUT2D eigenvalue weighted by atomic mass is 32.1. The molecular formula is C24H19NO3S. The van der Waals surface area contributed by atoms with Gasteiger partial charge in [-0.2, -0.15) is 0 Å². The number of hydrogen-bond acceptors (Lipinski definition) is 4. The van der Waals surface area contributed by atoms with Crippen LogP contribution in [0.15, 0.2) is 78.9 Å². The maximum atomic E-state index is 11.9. The number of carboxylic acid groups (broad SMARTS) is 1. The largest absolute Gasteiger partial charge is 0.489 e. The number of carboxylic acids is 1. The second-order valence-electron chi connectivity index (χ2n) is 6.63. The molecule has 0 fully saturated rings. The van der Waals surface area contributed by atoms with E-state index in [-0.39, 0.29) is 5.69 Å². The van der Waals surface area contributed by atoms with Crippen molar-refractivity contribution in [3.8, 4) is 26.8 Å². The van der Waals surface area contributed by atoms with E-state index in [9.17, 15) is 9.90 Å². The fraction of sp³-hybridized carbons (Fsp3) is 0.0833. The summed E-state index contributed by atoms with van der Waals surface area (Å²) in [5, 5.41) is 10.4. The molecule has 0 radical (unpaired) electrons. The van der Waals surface area contributed by atoms with Gasteiger partial charge in [0.2, 0.25) is 0 Å². The summed E-state index contributed by atoms with van der Waals surface area (Å²) in [7, 11) is 0. The van der Waals surface area contributed by atoms with Gasteiger partial charge in [0.05, 0.1) is 4.88 Å². The van der Waals surface area contributed by atoms with E-state index in [1.54, 1.807) is 0 Å². The highest BCUT2D eigenvalue weighted by Crippen LogP contribution is 2.37. The molecule has 4 rings (SSSR count). The van der Waals surface area contributed by atoms with Crippen LogP contribution in [0, 0.1) is 6.92 Å². The van der Waals surface area contributed by atoms with Crippen molar-refractivity contribution in [3.05, 3.63) is 95.7 Å². The fourth-order valence-electron chi connectivity index (χ4n) is 3.02. The number of rotatable bonds is 6. The van der Waals surface area contributed by atoms with E-state index < -0.39 is 5.97 Å². The van der Waals surface area contributed by atoms with Crippen LogP contribution in [0.2, 0.25) is 0 Å². The molecule has 0 aliphatic rings. The lowest BCUT2D eigenvalue weighted by molar-refractivity contribution is 0.0692. The van der Waals surface area contributed by atoms with Crippen LogP contribution in [0.5, 0.6) is 5.75 Å². The van der Waals surface area contributed by atoms with Gasteiger partial charge in [0.25, 0.3) is 0 Å². The topological polar surface area (TPSA) is 59.4 Å².